The maximum Gasteiger partial charge on any atom is 0.257 e. The number of pyridine rings is 1. The molecule has 0 radical (unpaired) electrons. The van der Waals surface area contributed by atoms with Crippen LogP contribution in [0.2, 0.25) is 10.0 Å². The van der Waals surface area contributed by atoms with Gasteiger partial charge in [0.1, 0.15) is 18.0 Å². The minimum absolute atomic E-state index is 0.112. The predicted molar refractivity (Wildman–Crippen MR) is 145 cm³/mol. The second kappa shape index (κ2) is 10.3. The van der Waals surface area contributed by atoms with Crippen LogP contribution in [0.15, 0.2) is 54.7 Å². The van der Waals surface area contributed by atoms with E-state index >= 15 is 4.39 Å². The normalized spacial score (nSPS) is 21.3. The number of hydrogen-bond acceptors (Lipinski definition) is 7. The van der Waals surface area contributed by atoms with Gasteiger partial charge in [-0.05, 0) is 68.7 Å². The first-order valence-electron chi connectivity index (χ1n) is 12.7. The Kier molecular flexibility index (Phi) is 7.46. The molecule has 1 amide bonds. The molecule has 0 bridgehead atoms. The minimum atomic E-state index is -2.03. The van der Waals surface area contributed by atoms with Crippen LogP contribution in [0.3, 0.4) is 0 Å². The van der Waals surface area contributed by atoms with E-state index < -0.39 is 47.4 Å². The molecule has 3 atom stereocenters. The summed E-state index contributed by atoms with van der Waals surface area (Å²) in [6, 6.07) is 10.4. The number of ether oxygens (including phenoxy) is 1. The molecule has 212 valence electrons. The van der Waals surface area contributed by atoms with Gasteiger partial charge in [0.15, 0.2) is 0 Å². The molecule has 0 spiro atoms. The molecule has 5 rings (SSSR count). The first kappa shape index (κ1) is 28.9. The number of hydrogen-bond donors (Lipinski definition) is 4. The van der Waals surface area contributed by atoms with Crippen molar-refractivity contribution in [3.63, 3.8) is 0 Å². The summed E-state index contributed by atoms with van der Waals surface area (Å²) >= 11 is 12.2. The molecule has 2 aliphatic rings. The second-order valence-electron chi connectivity index (χ2n) is 10.9. The van der Waals surface area contributed by atoms with Gasteiger partial charge in [-0.25, -0.2) is 4.39 Å². The number of aliphatic hydroxyl groups excluding tert-OH is 2. The smallest absolute Gasteiger partial charge is 0.257 e. The third-order valence-corrected chi connectivity index (χ3v) is 7.89. The van der Waals surface area contributed by atoms with Crippen molar-refractivity contribution in [2.45, 2.75) is 55.8 Å². The average Bonchev–Trinajstić information content (AvgIpc) is 3.59. The standard InChI is InChI=1S/C29H29Cl2FN2O6/c1-27(2,38)17-11-20-24(21(32)12-17)29(40-15-28(39)9-10-28,16-3-5-18(30)6-4-16)34(26(20)37)25(23(36)14-35)22-8-7-19(31)13-33-22/h3-8,11-13,23,25,35-36,38-39H,9-10,14-15H2,1-2H3/t23-,25?,29+/m0/s1. The van der Waals surface area contributed by atoms with E-state index in [1.54, 1.807) is 24.3 Å². The van der Waals surface area contributed by atoms with Crippen LogP contribution in [0.1, 0.15) is 65.5 Å². The number of benzene rings is 2. The van der Waals surface area contributed by atoms with E-state index in [9.17, 15) is 25.2 Å². The zero-order valence-electron chi connectivity index (χ0n) is 21.8. The highest BCUT2D eigenvalue weighted by Gasteiger charge is 2.59. The average molecular weight is 591 g/mol. The highest BCUT2D eigenvalue weighted by Crippen LogP contribution is 2.53. The Morgan fingerprint density at radius 1 is 1.12 bits per heavy atom. The first-order valence-corrected chi connectivity index (χ1v) is 13.5. The van der Waals surface area contributed by atoms with E-state index in [1.807, 2.05) is 0 Å². The minimum Gasteiger partial charge on any atom is -0.394 e. The zero-order chi connectivity index (χ0) is 29.0. The Balaban J connectivity index is 1.84. The number of carbonyl (C=O) groups is 1. The summed E-state index contributed by atoms with van der Waals surface area (Å²) in [5.74, 6) is -1.59. The van der Waals surface area contributed by atoms with Crippen molar-refractivity contribution >= 4 is 29.1 Å². The van der Waals surface area contributed by atoms with Crippen molar-refractivity contribution < 1.29 is 34.3 Å². The topological polar surface area (TPSA) is 123 Å². The first-order chi connectivity index (χ1) is 18.8. The van der Waals surface area contributed by atoms with Gasteiger partial charge in [-0.2, -0.15) is 0 Å². The van der Waals surface area contributed by atoms with Gasteiger partial charge in [-0.1, -0.05) is 35.3 Å². The summed E-state index contributed by atoms with van der Waals surface area (Å²) in [5.41, 5.74) is -4.38. The summed E-state index contributed by atoms with van der Waals surface area (Å²) in [5, 5.41) is 43.3. The Labute approximate surface area is 240 Å². The number of halogens is 3. The van der Waals surface area contributed by atoms with Gasteiger partial charge in [0.05, 0.1) is 46.3 Å². The molecule has 1 aliphatic carbocycles. The second-order valence-corrected chi connectivity index (χ2v) is 11.7. The summed E-state index contributed by atoms with van der Waals surface area (Å²) in [7, 11) is 0. The largest absolute Gasteiger partial charge is 0.394 e. The number of aromatic nitrogens is 1. The third kappa shape index (κ3) is 5.00. The molecular formula is C29H29Cl2FN2O6. The van der Waals surface area contributed by atoms with Gasteiger partial charge >= 0.3 is 0 Å². The highest BCUT2D eigenvalue weighted by molar-refractivity contribution is 6.30. The van der Waals surface area contributed by atoms with Crippen molar-refractivity contribution in [2.75, 3.05) is 13.2 Å². The van der Waals surface area contributed by atoms with Crippen LogP contribution in [0, 0.1) is 5.82 Å². The zero-order valence-corrected chi connectivity index (χ0v) is 23.3. The number of carbonyl (C=O) groups excluding carboxylic acids is 1. The number of amides is 1. The molecule has 11 heteroatoms. The van der Waals surface area contributed by atoms with Crippen molar-refractivity contribution in [1.82, 2.24) is 9.88 Å². The molecular weight excluding hydrogens is 562 g/mol. The molecule has 40 heavy (non-hydrogen) atoms. The summed E-state index contributed by atoms with van der Waals surface area (Å²) in [4.78, 5) is 19.8. The monoisotopic (exact) mass is 590 g/mol. The van der Waals surface area contributed by atoms with Crippen molar-refractivity contribution in [2.24, 2.45) is 0 Å². The Bertz CT molecular complexity index is 1430. The Morgan fingerprint density at radius 2 is 1.77 bits per heavy atom. The van der Waals surface area contributed by atoms with Crippen molar-refractivity contribution in [3.8, 4) is 0 Å². The highest BCUT2D eigenvalue weighted by atomic mass is 35.5. The van der Waals surface area contributed by atoms with E-state index in [4.69, 9.17) is 27.9 Å². The lowest BCUT2D eigenvalue weighted by Crippen LogP contribution is -2.53. The van der Waals surface area contributed by atoms with Gasteiger partial charge in [0, 0.05) is 16.8 Å². The van der Waals surface area contributed by atoms with E-state index in [-0.39, 0.29) is 34.6 Å². The lowest BCUT2D eigenvalue weighted by molar-refractivity contribution is -0.162. The van der Waals surface area contributed by atoms with Crippen LogP contribution in [-0.2, 0) is 16.1 Å². The molecule has 1 aromatic heterocycles. The van der Waals surface area contributed by atoms with Crippen LogP contribution in [0.5, 0.6) is 0 Å². The maximum atomic E-state index is 16.3. The molecule has 2 heterocycles. The van der Waals surface area contributed by atoms with E-state index in [0.29, 0.717) is 22.9 Å². The maximum absolute atomic E-state index is 16.3. The molecule has 1 aliphatic heterocycles. The molecule has 1 saturated carbocycles. The van der Waals surface area contributed by atoms with Gasteiger partial charge in [-0.3, -0.25) is 14.7 Å². The van der Waals surface area contributed by atoms with Gasteiger partial charge < -0.3 is 25.2 Å². The Hall–Kier alpha value is -2.63. The van der Waals surface area contributed by atoms with Crippen LogP contribution < -0.4 is 0 Å². The van der Waals surface area contributed by atoms with E-state index in [1.165, 1.54) is 38.2 Å². The van der Waals surface area contributed by atoms with Crippen LogP contribution >= 0.6 is 23.2 Å². The van der Waals surface area contributed by atoms with Crippen molar-refractivity contribution in [1.29, 1.82) is 0 Å². The SMILES string of the molecule is CC(C)(O)c1cc(F)c2c(c1)C(=O)N(C(c1ccc(Cl)cn1)[C@@H](O)CO)[C@@]2(OCC1(O)CC1)c1ccc(Cl)cc1. The molecule has 1 fully saturated rings. The molecule has 0 saturated heterocycles. The van der Waals surface area contributed by atoms with Crippen LogP contribution in [0.25, 0.3) is 0 Å². The van der Waals surface area contributed by atoms with Gasteiger partial charge in [-0.15, -0.1) is 0 Å². The van der Waals surface area contributed by atoms with E-state index in [2.05, 4.69) is 4.98 Å². The van der Waals surface area contributed by atoms with Gasteiger partial charge in [0.2, 0.25) is 5.72 Å². The number of fused-ring (bicyclic) bond motifs is 1. The van der Waals surface area contributed by atoms with Gasteiger partial charge in [0.25, 0.3) is 5.91 Å². The van der Waals surface area contributed by atoms with Crippen molar-refractivity contribution in [3.05, 3.63) is 98.5 Å². The quantitative estimate of drug-likeness (QED) is 0.296. The summed E-state index contributed by atoms with van der Waals surface area (Å²) < 4.78 is 22.8. The predicted octanol–water partition coefficient (Wildman–Crippen LogP) is 4.05. The number of rotatable bonds is 9. The number of nitrogens with zero attached hydrogens (tertiary/aromatic N) is 2. The molecule has 2 aromatic carbocycles. The molecule has 3 aromatic rings. The fourth-order valence-electron chi connectivity index (χ4n) is 5.06. The van der Waals surface area contributed by atoms with E-state index in [0.717, 1.165) is 11.0 Å². The summed E-state index contributed by atoms with van der Waals surface area (Å²) in [6.07, 6.45) is 0.646. The van der Waals surface area contributed by atoms with Crippen LogP contribution in [-0.4, -0.2) is 61.1 Å². The lowest BCUT2D eigenvalue weighted by Gasteiger charge is -2.45. The van der Waals surface area contributed by atoms with Crippen LogP contribution in [0.4, 0.5) is 4.39 Å². The molecule has 8 nitrogen and oxygen atoms in total. The third-order valence-electron chi connectivity index (χ3n) is 7.42. The lowest BCUT2D eigenvalue weighted by atomic mass is 9.88. The molecule has 4 N–H and O–H groups in total. The number of aliphatic hydroxyl groups is 4. The molecule has 1 unspecified atom stereocenters. The fraction of sp³-hybridized carbons (Fsp3) is 0.379. The Morgan fingerprint density at radius 3 is 2.33 bits per heavy atom. The fourth-order valence-corrected chi connectivity index (χ4v) is 5.30. The summed E-state index contributed by atoms with van der Waals surface area (Å²) in [6.45, 7) is 1.90.